The van der Waals surface area contributed by atoms with Crippen LogP contribution in [0.15, 0.2) is 69.8 Å². The van der Waals surface area contributed by atoms with Gasteiger partial charge >= 0.3 is 0 Å². The first-order valence-corrected chi connectivity index (χ1v) is 15.0. The van der Waals surface area contributed by atoms with Gasteiger partial charge in [0.15, 0.2) is 0 Å². The number of piperidine rings is 1. The van der Waals surface area contributed by atoms with Gasteiger partial charge in [-0.25, -0.2) is 15.0 Å². The second kappa shape index (κ2) is 10.4. The lowest BCUT2D eigenvalue weighted by Gasteiger charge is -2.42. The molecule has 2 saturated heterocycles. The van der Waals surface area contributed by atoms with Crippen LogP contribution >= 0.6 is 23.4 Å². The van der Waals surface area contributed by atoms with Crippen LogP contribution in [-0.2, 0) is 17.7 Å². The van der Waals surface area contributed by atoms with Crippen LogP contribution in [0.5, 0.6) is 0 Å². The van der Waals surface area contributed by atoms with E-state index in [9.17, 15) is 4.79 Å². The van der Waals surface area contributed by atoms with Gasteiger partial charge in [-0.2, -0.15) is 0 Å². The van der Waals surface area contributed by atoms with E-state index in [0.29, 0.717) is 35.0 Å². The summed E-state index contributed by atoms with van der Waals surface area (Å²) in [5, 5.41) is 1.56. The van der Waals surface area contributed by atoms with E-state index in [2.05, 4.69) is 39.1 Å². The van der Waals surface area contributed by atoms with Gasteiger partial charge in [-0.3, -0.25) is 9.36 Å². The number of nitrogens with zero attached hydrogens (tertiary/aromatic N) is 5. The zero-order valence-electron chi connectivity index (χ0n) is 22.1. The van der Waals surface area contributed by atoms with Gasteiger partial charge in [-0.1, -0.05) is 47.6 Å². The number of hydrogen-bond donors (Lipinski definition) is 1. The van der Waals surface area contributed by atoms with Crippen molar-refractivity contribution in [3.63, 3.8) is 0 Å². The van der Waals surface area contributed by atoms with Crippen molar-refractivity contribution in [3.05, 3.63) is 81.6 Å². The molecule has 4 heterocycles. The van der Waals surface area contributed by atoms with Crippen LogP contribution in [-0.4, -0.2) is 45.8 Å². The summed E-state index contributed by atoms with van der Waals surface area (Å²) in [7, 11) is 0. The van der Waals surface area contributed by atoms with E-state index in [1.807, 2.05) is 18.3 Å². The number of nitrogens with two attached hydrogens (primary N) is 1. The van der Waals surface area contributed by atoms with E-state index < -0.39 is 0 Å². The molecule has 10 heteroatoms. The normalized spacial score (nSPS) is 21.8. The molecule has 8 nitrogen and oxygen atoms in total. The van der Waals surface area contributed by atoms with E-state index >= 15 is 0 Å². The van der Waals surface area contributed by atoms with E-state index in [4.69, 9.17) is 27.1 Å². The molecule has 2 atom stereocenters. The number of anilines is 1. The third-order valence-electron chi connectivity index (χ3n) is 8.88. The van der Waals surface area contributed by atoms with Gasteiger partial charge in [0, 0.05) is 43.1 Å². The molecule has 2 aliphatic heterocycles. The van der Waals surface area contributed by atoms with Crippen molar-refractivity contribution < 1.29 is 4.74 Å². The minimum absolute atomic E-state index is 0.0958. The molecule has 0 radical (unpaired) electrons. The Labute approximate surface area is 241 Å². The summed E-state index contributed by atoms with van der Waals surface area (Å²) >= 11 is 8.18. The highest BCUT2D eigenvalue weighted by molar-refractivity contribution is 7.99. The van der Waals surface area contributed by atoms with Crippen LogP contribution in [0.25, 0.3) is 10.9 Å². The van der Waals surface area contributed by atoms with Crippen LogP contribution in [0, 0.1) is 11.3 Å². The minimum Gasteiger partial charge on any atom is -0.381 e. The van der Waals surface area contributed by atoms with Crippen molar-refractivity contribution >= 4 is 40.1 Å². The molecular formula is C30H31ClN6O2S. The Balaban J connectivity index is 1.05. The number of aromatic nitrogens is 4. The van der Waals surface area contributed by atoms with Crippen molar-refractivity contribution in [2.45, 2.75) is 48.2 Å². The zero-order valence-corrected chi connectivity index (χ0v) is 23.7. The molecule has 2 fully saturated rings. The molecule has 4 aromatic rings. The number of ether oxygens (including phenoxy) is 1. The zero-order chi connectivity index (χ0) is 27.3. The first-order valence-electron chi connectivity index (χ1n) is 13.8. The number of rotatable bonds is 5. The monoisotopic (exact) mass is 574 g/mol. The first kappa shape index (κ1) is 26.0. The molecule has 1 unspecified atom stereocenters. The van der Waals surface area contributed by atoms with Gasteiger partial charge in [0.1, 0.15) is 10.8 Å². The maximum atomic E-state index is 13.3. The van der Waals surface area contributed by atoms with Gasteiger partial charge in [-0.15, -0.1) is 0 Å². The third-order valence-corrected chi connectivity index (χ3v) is 10.4. The van der Waals surface area contributed by atoms with E-state index in [-0.39, 0.29) is 17.0 Å². The molecule has 0 saturated carbocycles. The number of fused-ring (bicyclic) bond motifs is 2. The summed E-state index contributed by atoms with van der Waals surface area (Å²) in [6.45, 7) is 3.81. The highest BCUT2D eigenvalue weighted by Crippen LogP contribution is 2.50. The summed E-state index contributed by atoms with van der Waals surface area (Å²) in [6.07, 6.45) is 9.29. The molecule has 2 N–H and O–H groups in total. The summed E-state index contributed by atoms with van der Waals surface area (Å²) in [6, 6.07) is 12.4. The van der Waals surface area contributed by atoms with Gasteiger partial charge in [0.25, 0.3) is 5.56 Å². The number of halogens is 1. The van der Waals surface area contributed by atoms with Gasteiger partial charge in [0.05, 0.1) is 41.3 Å². The smallest absolute Gasteiger partial charge is 0.262 e. The summed E-state index contributed by atoms with van der Waals surface area (Å²) in [5.74, 6) is 1.19. The van der Waals surface area contributed by atoms with Crippen LogP contribution in [0.1, 0.15) is 36.4 Å². The second-order valence-corrected chi connectivity index (χ2v) is 12.7. The van der Waals surface area contributed by atoms with E-state index in [0.717, 1.165) is 61.1 Å². The molecule has 1 aliphatic carbocycles. The molecule has 0 amide bonds. The Kier molecular flexibility index (Phi) is 6.78. The standard InChI is InChI=1S/C30H31ClN6O2S/c31-27-23(6-5-22-26(27)29(38)37(18-35-22)16-19-7-12-39-17-19)40-25-15-33-24(14-34-25)36-10-8-30(9-11-36)13-20-3-1-2-4-21(20)28(30)32/h1-6,14-15,18-19,28H,7-13,16-17,32H2/t19?,28-/m1/s1. The van der Waals surface area contributed by atoms with Crippen molar-refractivity contribution in [3.8, 4) is 0 Å². The van der Waals surface area contributed by atoms with Crippen molar-refractivity contribution in [2.24, 2.45) is 17.1 Å². The second-order valence-electron chi connectivity index (χ2n) is 11.2. The fourth-order valence-corrected chi connectivity index (χ4v) is 7.65. The Morgan fingerprint density at radius 3 is 2.70 bits per heavy atom. The van der Waals surface area contributed by atoms with Crippen molar-refractivity contribution in [1.82, 2.24) is 19.5 Å². The predicted octanol–water partition coefficient (Wildman–Crippen LogP) is 4.87. The Morgan fingerprint density at radius 1 is 1.10 bits per heavy atom. The predicted molar refractivity (Wildman–Crippen MR) is 157 cm³/mol. The molecule has 3 aliphatic rings. The quantitative estimate of drug-likeness (QED) is 0.360. The van der Waals surface area contributed by atoms with Gasteiger partial charge in [0.2, 0.25) is 0 Å². The number of hydrogen-bond acceptors (Lipinski definition) is 8. The molecule has 206 valence electrons. The van der Waals surface area contributed by atoms with Crippen molar-refractivity contribution in [1.29, 1.82) is 0 Å². The highest BCUT2D eigenvalue weighted by Gasteiger charge is 2.45. The van der Waals surface area contributed by atoms with E-state index in [1.54, 1.807) is 17.1 Å². The summed E-state index contributed by atoms with van der Waals surface area (Å²) in [5.41, 5.74) is 10.0. The summed E-state index contributed by atoms with van der Waals surface area (Å²) < 4.78 is 7.11. The Bertz CT molecular complexity index is 1610. The van der Waals surface area contributed by atoms with E-state index in [1.165, 1.54) is 22.9 Å². The van der Waals surface area contributed by atoms with Crippen LogP contribution < -0.4 is 16.2 Å². The minimum atomic E-state index is -0.126. The maximum absolute atomic E-state index is 13.3. The summed E-state index contributed by atoms with van der Waals surface area (Å²) in [4.78, 5) is 30.2. The molecular weight excluding hydrogens is 544 g/mol. The highest BCUT2D eigenvalue weighted by atomic mass is 35.5. The Hall–Kier alpha value is -2.98. The lowest BCUT2D eigenvalue weighted by Crippen LogP contribution is -2.44. The van der Waals surface area contributed by atoms with Crippen LogP contribution in [0.2, 0.25) is 5.02 Å². The lowest BCUT2D eigenvalue weighted by atomic mass is 9.73. The van der Waals surface area contributed by atoms with Gasteiger partial charge < -0.3 is 15.4 Å². The fraction of sp³-hybridized carbons (Fsp3) is 0.400. The lowest BCUT2D eigenvalue weighted by molar-refractivity contribution is 0.182. The molecule has 0 bridgehead atoms. The molecule has 1 spiro atoms. The van der Waals surface area contributed by atoms with Crippen molar-refractivity contribution in [2.75, 3.05) is 31.2 Å². The third kappa shape index (κ3) is 4.59. The first-order chi connectivity index (χ1) is 19.5. The SMILES string of the molecule is N[C@@H]1c2ccccc2CC12CCN(c1cnc(Sc3ccc4ncn(CC5CCOC5)c(=O)c4c3Cl)cn1)CC2. The van der Waals surface area contributed by atoms with Crippen LogP contribution in [0.3, 0.4) is 0 Å². The maximum Gasteiger partial charge on any atom is 0.262 e. The van der Waals surface area contributed by atoms with Crippen LogP contribution in [0.4, 0.5) is 5.82 Å². The molecule has 2 aromatic heterocycles. The largest absolute Gasteiger partial charge is 0.381 e. The molecule has 40 heavy (non-hydrogen) atoms. The fourth-order valence-electron chi connectivity index (χ4n) is 6.52. The number of benzene rings is 2. The molecule has 2 aromatic carbocycles. The topological polar surface area (TPSA) is 99.2 Å². The van der Waals surface area contributed by atoms with Gasteiger partial charge in [-0.05, 0) is 54.4 Å². The Morgan fingerprint density at radius 2 is 1.95 bits per heavy atom. The average Bonchev–Trinajstić information content (AvgIpc) is 3.59. The molecule has 7 rings (SSSR count). The average molecular weight is 575 g/mol.